The van der Waals surface area contributed by atoms with E-state index in [1.165, 1.54) is 0 Å². The molecule has 0 saturated heterocycles. The topological polar surface area (TPSA) is 71.3 Å². The van der Waals surface area contributed by atoms with E-state index in [1.54, 1.807) is 25.1 Å². The third-order valence-electron chi connectivity index (χ3n) is 3.68. The van der Waals surface area contributed by atoms with Crippen molar-refractivity contribution in [1.29, 1.82) is 5.26 Å². The van der Waals surface area contributed by atoms with Gasteiger partial charge in [-0.3, -0.25) is 4.79 Å². The number of ether oxygens (including phenoxy) is 2. The number of rotatable bonds is 9. The smallest absolute Gasteiger partial charge is 0.256 e. The lowest BCUT2D eigenvalue weighted by Gasteiger charge is -2.30. The summed E-state index contributed by atoms with van der Waals surface area (Å²) in [6, 6.07) is 7.23. The first-order valence-electron chi connectivity index (χ1n) is 8.84. The van der Waals surface area contributed by atoms with Gasteiger partial charge >= 0.3 is 0 Å². The van der Waals surface area contributed by atoms with Gasteiger partial charge in [0.05, 0.1) is 17.9 Å². The molecular weight excluding hydrogens is 316 g/mol. The Morgan fingerprint density at radius 2 is 1.96 bits per heavy atom. The van der Waals surface area contributed by atoms with Gasteiger partial charge in [-0.25, -0.2) is 0 Å². The molecule has 1 amide bonds. The third kappa shape index (κ3) is 6.39. The lowest BCUT2D eigenvalue weighted by Crippen LogP contribution is -2.44. The van der Waals surface area contributed by atoms with Gasteiger partial charge in [-0.1, -0.05) is 27.7 Å². The highest BCUT2D eigenvalue weighted by Crippen LogP contribution is 2.26. The van der Waals surface area contributed by atoms with Crippen molar-refractivity contribution >= 4 is 11.6 Å². The molecule has 0 aliphatic carbocycles. The minimum absolute atomic E-state index is 0.240. The quantitative estimate of drug-likeness (QED) is 0.720. The van der Waals surface area contributed by atoms with E-state index in [1.807, 2.05) is 20.8 Å². The van der Waals surface area contributed by atoms with E-state index in [-0.39, 0.29) is 5.91 Å². The van der Waals surface area contributed by atoms with E-state index < -0.39 is 5.60 Å². The molecule has 1 aromatic rings. The number of benzene rings is 1. The Morgan fingerprint density at radius 3 is 2.48 bits per heavy atom. The van der Waals surface area contributed by atoms with E-state index in [0.29, 0.717) is 48.5 Å². The summed E-state index contributed by atoms with van der Waals surface area (Å²) in [6.07, 6.45) is 0.601. The van der Waals surface area contributed by atoms with Gasteiger partial charge in [-0.2, -0.15) is 5.26 Å². The Kier molecular flexibility index (Phi) is 7.92. The zero-order valence-corrected chi connectivity index (χ0v) is 16.2. The fourth-order valence-electron chi connectivity index (χ4n) is 2.65. The number of nitrogens with one attached hydrogen (secondary N) is 1. The standard InChI is InChI=1S/C20H30N2O3/c1-7-25-20(6,11-14(2)3)19(23)22-18-9-8-17(10-16(18)12-21)24-13-15(4)5/h8-10,14-15H,7,11,13H2,1-6H3,(H,22,23)/t20-/m1/s1. The van der Waals surface area contributed by atoms with E-state index in [4.69, 9.17) is 9.47 Å². The van der Waals surface area contributed by atoms with Crippen LogP contribution in [-0.2, 0) is 9.53 Å². The fraction of sp³-hybridized carbons (Fsp3) is 0.600. The highest BCUT2D eigenvalue weighted by atomic mass is 16.5. The zero-order chi connectivity index (χ0) is 19.0. The number of carbonyl (C=O) groups is 1. The Bertz CT molecular complexity index is 620. The molecule has 0 aliphatic rings. The summed E-state index contributed by atoms with van der Waals surface area (Å²) in [6.45, 7) is 12.9. The van der Waals surface area contributed by atoms with Crippen LogP contribution in [0.3, 0.4) is 0 Å². The molecule has 0 fully saturated rings. The van der Waals surface area contributed by atoms with Crippen LogP contribution in [0.1, 0.15) is 53.5 Å². The monoisotopic (exact) mass is 346 g/mol. The molecule has 1 N–H and O–H groups in total. The van der Waals surface area contributed by atoms with Crippen LogP contribution in [0.5, 0.6) is 5.75 Å². The largest absolute Gasteiger partial charge is 0.493 e. The molecule has 0 aliphatic heterocycles. The second-order valence-corrected chi connectivity index (χ2v) is 7.24. The first kappa shape index (κ1) is 21.0. The van der Waals surface area contributed by atoms with E-state index in [2.05, 4.69) is 25.2 Å². The van der Waals surface area contributed by atoms with Crippen molar-refractivity contribution < 1.29 is 14.3 Å². The molecule has 138 valence electrons. The molecule has 0 aromatic heterocycles. The Labute approximate surface area is 151 Å². The first-order chi connectivity index (χ1) is 11.7. The number of anilines is 1. The molecule has 1 rings (SSSR count). The van der Waals surface area contributed by atoms with E-state index in [0.717, 1.165) is 0 Å². The molecule has 1 aromatic carbocycles. The minimum Gasteiger partial charge on any atom is -0.493 e. The van der Waals surface area contributed by atoms with Crippen LogP contribution in [-0.4, -0.2) is 24.7 Å². The predicted octanol–water partition coefficient (Wildman–Crippen LogP) is 4.37. The molecule has 5 heteroatoms. The lowest BCUT2D eigenvalue weighted by molar-refractivity contribution is -0.140. The van der Waals surface area contributed by atoms with Crippen LogP contribution in [0, 0.1) is 23.2 Å². The van der Waals surface area contributed by atoms with E-state index in [9.17, 15) is 10.1 Å². The van der Waals surface area contributed by atoms with Crippen LogP contribution in [0.2, 0.25) is 0 Å². The maximum atomic E-state index is 12.8. The summed E-state index contributed by atoms with van der Waals surface area (Å²) < 4.78 is 11.4. The summed E-state index contributed by atoms with van der Waals surface area (Å²) in [5.74, 6) is 1.09. The predicted molar refractivity (Wildman–Crippen MR) is 99.6 cm³/mol. The highest BCUT2D eigenvalue weighted by molar-refractivity contribution is 5.98. The van der Waals surface area contributed by atoms with Crippen molar-refractivity contribution in [1.82, 2.24) is 0 Å². The molecule has 0 radical (unpaired) electrons. The van der Waals surface area contributed by atoms with Crippen LogP contribution in [0.4, 0.5) is 5.69 Å². The van der Waals surface area contributed by atoms with Crippen LogP contribution in [0.15, 0.2) is 18.2 Å². The first-order valence-corrected chi connectivity index (χ1v) is 8.84. The number of nitrogens with zero attached hydrogens (tertiary/aromatic N) is 1. The highest BCUT2D eigenvalue weighted by Gasteiger charge is 2.35. The van der Waals surface area contributed by atoms with E-state index >= 15 is 0 Å². The van der Waals surface area contributed by atoms with Crippen LogP contribution >= 0.6 is 0 Å². The summed E-state index contributed by atoms with van der Waals surface area (Å²) in [5.41, 5.74) is -0.0836. The third-order valence-corrected chi connectivity index (χ3v) is 3.68. The van der Waals surface area contributed by atoms with Crippen LogP contribution < -0.4 is 10.1 Å². The van der Waals surface area contributed by atoms with Crippen molar-refractivity contribution in [3.8, 4) is 11.8 Å². The van der Waals surface area contributed by atoms with Crippen molar-refractivity contribution in [2.24, 2.45) is 11.8 Å². The summed E-state index contributed by atoms with van der Waals surface area (Å²) >= 11 is 0. The average Bonchev–Trinajstić information content (AvgIpc) is 2.53. The van der Waals surface area contributed by atoms with Crippen molar-refractivity contribution in [2.45, 2.75) is 53.6 Å². The average molecular weight is 346 g/mol. The molecule has 5 nitrogen and oxygen atoms in total. The van der Waals surface area contributed by atoms with Gasteiger partial charge in [0, 0.05) is 6.61 Å². The SMILES string of the molecule is CCO[C@](C)(CC(C)C)C(=O)Nc1ccc(OCC(C)C)cc1C#N. The van der Waals surface area contributed by atoms with Crippen molar-refractivity contribution in [2.75, 3.05) is 18.5 Å². The van der Waals surface area contributed by atoms with Gasteiger partial charge in [0.25, 0.3) is 5.91 Å². The normalized spacial score (nSPS) is 13.4. The number of hydrogen-bond donors (Lipinski definition) is 1. The summed E-state index contributed by atoms with van der Waals surface area (Å²) in [4.78, 5) is 12.8. The second-order valence-electron chi connectivity index (χ2n) is 7.24. The Balaban J connectivity index is 2.96. The van der Waals surface area contributed by atoms with Gasteiger partial charge < -0.3 is 14.8 Å². The number of nitriles is 1. The number of hydrogen-bond acceptors (Lipinski definition) is 4. The van der Waals surface area contributed by atoms with Gasteiger partial charge in [0.2, 0.25) is 0 Å². The number of amides is 1. The maximum Gasteiger partial charge on any atom is 0.256 e. The Hall–Kier alpha value is -2.06. The molecule has 0 spiro atoms. The molecule has 0 unspecified atom stereocenters. The number of carbonyl (C=O) groups excluding carboxylic acids is 1. The fourth-order valence-corrected chi connectivity index (χ4v) is 2.65. The molecular formula is C20H30N2O3. The molecule has 0 saturated carbocycles. The van der Waals surface area contributed by atoms with Gasteiger partial charge in [0.1, 0.15) is 17.4 Å². The van der Waals surface area contributed by atoms with Gasteiger partial charge in [-0.05, 0) is 50.3 Å². The van der Waals surface area contributed by atoms with Gasteiger partial charge in [0.15, 0.2) is 0 Å². The van der Waals surface area contributed by atoms with Crippen molar-refractivity contribution in [3.05, 3.63) is 23.8 Å². The van der Waals surface area contributed by atoms with Gasteiger partial charge in [-0.15, -0.1) is 0 Å². The zero-order valence-electron chi connectivity index (χ0n) is 16.2. The molecule has 1 atom stereocenters. The van der Waals surface area contributed by atoms with Crippen molar-refractivity contribution in [3.63, 3.8) is 0 Å². The molecule has 0 heterocycles. The minimum atomic E-state index is -0.928. The summed E-state index contributed by atoms with van der Waals surface area (Å²) in [7, 11) is 0. The Morgan fingerprint density at radius 1 is 1.28 bits per heavy atom. The molecule has 0 bridgehead atoms. The summed E-state index contributed by atoms with van der Waals surface area (Å²) in [5, 5.41) is 12.2. The second kappa shape index (κ2) is 9.43. The van der Waals surface area contributed by atoms with Crippen LogP contribution in [0.25, 0.3) is 0 Å². The molecule has 25 heavy (non-hydrogen) atoms. The lowest BCUT2D eigenvalue weighted by atomic mass is 9.93. The maximum absolute atomic E-state index is 12.8.